The first kappa shape index (κ1) is 9.09. The van der Waals surface area contributed by atoms with Gasteiger partial charge in [-0.25, -0.2) is 4.39 Å². The summed E-state index contributed by atoms with van der Waals surface area (Å²) >= 11 is 0. The van der Waals surface area contributed by atoms with E-state index in [1.54, 1.807) is 19.2 Å². The van der Waals surface area contributed by atoms with Crippen LogP contribution in [0.5, 0.6) is 0 Å². The van der Waals surface area contributed by atoms with Crippen LogP contribution < -0.4 is 5.73 Å². The molecule has 3 heteroatoms. The normalized spacial score (nSPS) is 13.1. The fourth-order valence-electron chi connectivity index (χ4n) is 1.58. The standard InChI is InChI=1S/C11H11FN2/c1-7(13)10-9(12)5-4-8-3-2-6-14-11(8)10/h2-7H,13H2,1H3. The molecule has 0 saturated heterocycles. The maximum atomic E-state index is 13.5. The van der Waals surface area contributed by atoms with Crippen LogP contribution in [0.1, 0.15) is 18.5 Å². The molecule has 2 nitrogen and oxygen atoms in total. The molecule has 2 aromatic rings. The highest BCUT2D eigenvalue weighted by atomic mass is 19.1. The molecule has 14 heavy (non-hydrogen) atoms. The molecule has 1 atom stereocenters. The summed E-state index contributed by atoms with van der Waals surface area (Å²) in [6.07, 6.45) is 1.65. The minimum Gasteiger partial charge on any atom is -0.324 e. The van der Waals surface area contributed by atoms with E-state index >= 15 is 0 Å². The number of nitrogens with zero attached hydrogens (tertiary/aromatic N) is 1. The quantitative estimate of drug-likeness (QED) is 0.749. The number of fused-ring (bicyclic) bond motifs is 1. The van der Waals surface area contributed by atoms with Crippen LogP contribution >= 0.6 is 0 Å². The van der Waals surface area contributed by atoms with E-state index in [1.807, 2.05) is 12.1 Å². The summed E-state index contributed by atoms with van der Waals surface area (Å²) in [7, 11) is 0. The Hall–Kier alpha value is -1.48. The van der Waals surface area contributed by atoms with Crippen molar-refractivity contribution in [2.45, 2.75) is 13.0 Å². The Kier molecular flexibility index (Phi) is 2.17. The predicted octanol–water partition coefficient (Wildman–Crippen LogP) is 2.39. The lowest BCUT2D eigenvalue weighted by Crippen LogP contribution is -2.08. The van der Waals surface area contributed by atoms with Crippen molar-refractivity contribution in [3.8, 4) is 0 Å². The van der Waals surface area contributed by atoms with Crippen LogP contribution in [-0.2, 0) is 0 Å². The second-order valence-electron chi connectivity index (χ2n) is 3.32. The second-order valence-corrected chi connectivity index (χ2v) is 3.32. The van der Waals surface area contributed by atoms with Crippen molar-refractivity contribution in [3.05, 3.63) is 41.8 Å². The molecular weight excluding hydrogens is 179 g/mol. The summed E-state index contributed by atoms with van der Waals surface area (Å²) in [5.74, 6) is -0.286. The third-order valence-corrected chi connectivity index (χ3v) is 2.22. The Morgan fingerprint density at radius 1 is 1.36 bits per heavy atom. The lowest BCUT2D eigenvalue weighted by atomic mass is 10.0. The summed E-state index contributed by atoms with van der Waals surface area (Å²) in [5, 5.41) is 0.918. The van der Waals surface area contributed by atoms with Crippen LogP contribution in [0.3, 0.4) is 0 Å². The van der Waals surface area contributed by atoms with E-state index in [4.69, 9.17) is 5.73 Å². The topological polar surface area (TPSA) is 38.9 Å². The Labute approximate surface area is 81.6 Å². The van der Waals surface area contributed by atoms with Crippen molar-refractivity contribution >= 4 is 10.9 Å². The molecule has 0 aliphatic carbocycles. The molecule has 0 saturated carbocycles. The van der Waals surface area contributed by atoms with Gasteiger partial charge in [0.05, 0.1) is 5.52 Å². The van der Waals surface area contributed by atoms with Gasteiger partial charge in [0.2, 0.25) is 0 Å². The molecule has 0 amide bonds. The SMILES string of the molecule is CC(N)c1c(F)ccc2cccnc12. The first-order valence-electron chi connectivity index (χ1n) is 4.49. The summed E-state index contributed by atoms with van der Waals surface area (Å²) in [5.41, 5.74) is 6.84. The molecule has 1 aromatic carbocycles. The van der Waals surface area contributed by atoms with Crippen molar-refractivity contribution in [1.82, 2.24) is 4.98 Å². The lowest BCUT2D eigenvalue weighted by Gasteiger charge is -2.09. The largest absolute Gasteiger partial charge is 0.324 e. The monoisotopic (exact) mass is 190 g/mol. The zero-order valence-electron chi connectivity index (χ0n) is 7.87. The fourth-order valence-corrected chi connectivity index (χ4v) is 1.58. The van der Waals surface area contributed by atoms with Gasteiger partial charge in [0.1, 0.15) is 5.82 Å². The Morgan fingerprint density at radius 3 is 2.86 bits per heavy atom. The maximum Gasteiger partial charge on any atom is 0.130 e. The van der Waals surface area contributed by atoms with Gasteiger partial charge in [0.25, 0.3) is 0 Å². The van der Waals surface area contributed by atoms with Crippen molar-refractivity contribution in [2.24, 2.45) is 5.73 Å². The van der Waals surface area contributed by atoms with Gasteiger partial charge in [-0.3, -0.25) is 4.98 Å². The van der Waals surface area contributed by atoms with Crippen LogP contribution in [0, 0.1) is 5.82 Å². The summed E-state index contributed by atoms with van der Waals surface area (Å²) in [6.45, 7) is 1.76. The number of hydrogen-bond donors (Lipinski definition) is 1. The zero-order valence-corrected chi connectivity index (χ0v) is 7.87. The molecule has 1 heterocycles. The van der Waals surface area contributed by atoms with Crippen LogP contribution in [0.25, 0.3) is 10.9 Å². The molecule has 0 radical (unpaired) electrons. The van der Waals surface area contributed by atoms with Gasteiger partial charge in [-0.2, -0.15) is 0 Å². The molecule has 0 fully saturated rings. The molecule has 2 N–H and O–H groups in total. The van der Waals surface area contributed by atoms with Gasteiger partial charge in [-0.15, -0.1) is 0 Å². The second kappa shape index (κ2) is 3.35. The van der Waals surface area contributed by atoms with Crippen molar-refractivity contribution in [1.29, 1.82) is 0 Å². The Morgan fingerprint density at radius 2 is 2.14 bits per heavy atom. The van der Waals surface area contributed by atoms with Crippen LogP contribution in [0.15, 0.2) is 30.5 Å². The molecule has 0 aliphatic heterocycles. The van der Waals surface area contributed by atoms with Gasteiger partial charge in [0.15, 0.2) is 0 Å². The molecule has 2 rings (SSSR count). The van der Waals surface area contributed by atoms with E-state index in [0.29, 0.717) is 11.1 Å². The maximum absolute atomic E-state index is 13.5. The van der Waals surface area contributed by atoms with Gasteiger partial charge < -0.3 is 5.73 Å². The molecule has 0 spiro atoms. The molecule has 72 valence electrons. The van der Waals surface area contributed by atoms with Crippen LogP contribution in [-0.4, -0.2) is 4.98 Å². The fraction of sp³-hybridized carbons (Fsp3) is 0.182. The van der Waals surface area contributed by atoms with Gasteiger partial charge in [-0.05, 0) is 25.1 Å². The van der Waals surface area contributed by atoms with E-state index in [-0.39, 0.29) is 11.9 Å². The van der Waals surface area contributed by atoms with E-state index in [0.717, 1.165) is 5.39 Å². The lowest BCUT2D eigenvalue weighted by molar-refractivity contribution is 0.597. The number of halogens is 1. The number of benzene rings is 1. The number of nitrogens with two attached hydrogens (primary N) is 1. The summed E-state index contributed by atoms with van der Waals surface area (Å²) < 4.78 is 13.5. The third-order valence-electron chi connectivity index (χ3n) is 2.22. The highest BCUT2D eigenvalue weighted by Gasteiger charge is 2.11. The van der Waals surface area contributed by atoms with Crippen LogP contribution in [0.4, 0.5) is 4.39 Å². The Balaban J connectivity index is 2.83. The molecule has 0 bridgehead atoms. The first-order chi connectivity index (χ1) is 6.70. The smallest absolute Gasteiger partial charge is 0.130 e. The van der Waals surface area contributed by atoms with E-state index in [2.05, 4.69) is 4.98 Å². The van der Waals surface area contributed by atoms with Crippen molar-refractivity contribution in [2.75, 3.05) is 0 Å². The van der Waals surface area contributed by atoms with Gasteiger partial charge in [0, 0.05) is 23.2 Å². The average Bonchev–Trinajstić information content (AvgIpc) is 2.17. The minimum absolute atomic E-state index is 0.286. The number of aromatic nitrogens is 1. The van der Waals surface area contributed by atoms with Crippen LogP contribution in [0.2, 0.25) is 0 Å². The zero-order chi connectivity index (χ0) is 10.1. The van der Waals surface area contributed by atoms with Gasteiger partial charge >= 0.3 is 0 Å². The number of hydrogen-bond acceptors (Lipinski definition) is 2. The molecule has 1 aromatic heterocycles. The molecule has 0 aliphatic rings. The van der Waals surface area contributed by atoms with E-state index < -0.39 is 0 Å². The Bertz CT molecular complexity index is 466. The van der Waals surface area contributed by atoms with E-state index in [1.165, 1.54) is 6.07 Å². The number of pyridine rings is 1. The molecule has 1 unspecified atom stereocenters. The third kappa shape index (κ3) is 1.36. The minimum atomic E-state index is -0.339. The highest BCUT2D eigenvalue weighted by molar-refractivity contribution is 5.82. The van der Waals surface area contributed by atoms with E-state index in [9.17, 15) is 4.39 Å². The highest BCUT2D eigenvalue weighted by Crippen LogP contribution is 2.23. The van der Waals surface area contributed by atoms with Gasteiger partial charge in [-0.1, -0.05) is 6.07 Å². The van der Waals surface area contributed by atoms with Crippen molar-refractivity contribution < 1.29 is 4.39 Å². The summed E-state index contributed by atoms with van der Waals surface area (Å²) in [6, 6.07) is 6.53. The predicted molar refractivity (Wildman–Crippen MR) is 54.3 cm³/mol. The number of rotatable bonds is 1. The summed E-state index contributed by atoms with van der Waals surface area (Å²) in [4.78, 5) is 4.14. The molecular formula is C11H11FN2. The first-order valence-corrected chi connectivity index (χ1v) is 4.49. The average molecular weight is 190 g/mol. The van der Waals surface area contributed by atoms with Crippen molar-refractivity contribution in [3.63, 3.8) is 0 Å².